The largest absolute Gasteiger partial charge is 0.443 e. The van der Waals surface area contributed by atoms with E-state index in [1.54, 1.807) is 4.90 Å². The molecule has 0 bridgehead atoms. The van der Waals surface area contributed by atoms with Gasteiger partial charge in [-0.25, -0.2) is 4.79 Å². The molecule has 1 saturated carbocycles. The van der Waals surface area contributed by atoms with Crippen molar-refractivity contribution in [1.82, 2.24) is 24.9 Å². The molecule has 9 nitrogen and oxygen atoms in total. The summed E-state index contributed by atoms with van der Waals surface area (Å²) >= 11 is 0. The van der Waals surface area contributed by atoms with Gasteiger partial charge in [-0.15, -0.1) is 10.2 Å². The fourth-order valence-corrected chi connectivity index (χ4v) is 4.20. The van der Waals surface area contributed by atoms with Crippen molar-refractivity contribution in [3.8, 4) is 11.5 Å². The molecule has 1 aromatic carbocycles. The smallest absolute Gasteiger partial charge is 0.410 e. The van der Waals surface area contributed by atoms with Crippen LogP contribution in [0.4, 0.5) is 4.79 Å². The Hall–Kier alpha value is -2.94. The van der Waals surface area contributed by atoms with Crippen molar-refractivity contribution in [3.63, 3.8) is 0 Å². The molecule has 3 fully saturated rings. The van der Waals surface area contributed by atoms with Gasteiger partial charge in [-0.3, -0.25) is 4.68 Å². The summed E-state index contributed by atoms with van der Waals surface area (Å²) in [6, 6.07) is 6.35. The number of rotatable bonds is 4. The molecule has 2 saturated heterocycles. The Balaban J connectivity index is 1.15. The zero-order valence-electron chi connectivity index (χ0n) is 17.5. The van der Waals surface area contributed by atoms with Gasteiger partial charge in [-0.1, -0.05) is 6.07 Å². The molecular weight excluding hydrogens is 398 g/mol. The Kier molecular flexibility index (Phi) is 4.27. The van der Waals surface area contributed by atoms with Crippen molar-refractivity contribution < 1.29 is 18.7 Å². The van der Waals surface area contributed by atoms with Gasteiger partial charge in [-0.2, -0.15) is 5.10 Å². The summed E-state index contributed by atoms with van der Waals surface area (Å²) in [6.45, 7) is 4.66. The van der Waals surface area contributed by atoms with Gasteiger partial charge in [0, 0.05) is 30.0 Å². The summed E-state index contributed by atoms with van der Waals surface area (Å²) in [7, 11) is 0. The van der Waals surface area contributed by atoms with Gasteiger partial charge in [0.1, 0.15) is 5.60 Å². The fourth-order valence-electron chi connectivity index (χ4n) is 4.20. The molecule has 6 rings (SSSR count). The van der Waals surface area contributed by atoms with Gasteiger partial charge in [-0.05, 0) is 44.7 Å². The molecule has 9 heteroatoms. The highest BCUT2D eigenvalue weighted by Gasteiger charge is 2.43. The predicted molar refractivity (Wildman–Crippen MR) is 111 cm³/mol. The molecule has 31 heavy (non-hydrogen) atoms. The lowest BCUT2D eigenvalue weighted by Gasteiger charge is -2.30. The van der Waals surface area contributed by atoms with Crippen molar-refractivity contribution in [2.24, 2.45) is 0 Å². The number of carbonyl (C=O) groups excluding carboxylic acids is 1. The van der Waals surface area contributed by atoms with Crippen molar-refractivity contribution in [1.29, 1.82) is 0 Å². The Morgan fingerprint density at radius 2 is 2.00 bits per heavy atom. The fraction of sp³-hybridized carbons (Fsp3) is 0.545. The van der Waals surface area contributed by atoms with Crippen LogP contribution >= 0.6 is 0 Å². The first-order valence-electron chi connectivity index (χ1n) is 10.9. The van der Waals surface area contributed by atoms with Crippen LogP contribution in [-0.4, -0.2) is 62.9 Å². The SMILES string of the molecule is CC1(OC(=O)N2CCC(c3nnc(-c4ccc5cnn(C6COC6)c5c4)o3)CC2)CC1. The second-order valence-corrected chi connectivity index (χ2v) is 9.08. The summed E-state index contributed by atoms with van der Waals surface area (Å²) in [5.74, 6) is 1.30. The standard InChI is InChI=1S/C22H25N5O4/c1-22(6-7-22)31-21(28)26-8-4-14(5-9-26)19-24-25-20(30-19)15-2-3-16-11-23-27(18(16)10-15)17-12-29-13-17/h2-3,10-11,14,17H,4-9,12-13H2,1H3. The first kappa shape index (κ1) is 18.8. The second-order valence-electron chi connectivity index (χ2n) is 9.08. The molecule has 0 N–H and O–H groups in total. The average Bonchev–Trinajstić information content (AvgIpc) is 3.15. The van der Waals surface area contributed by atoms with Gasteiger partial charge < -0.3 is 18.8 Å². The minimum atomic E-state index is -0.239. The normalized spacial score (nSPS) is 21.3. The number of hydrogen-bond acceptors (Lipinski definition) is 7. The zero-order valence-corrected chi connectivity index (χ0v) is 17.5. The lowest BCUT2D eigenvalue weighted by molar-refractivity contribution is -0.0266. The summed E-state index contributed by atoms with van der Waals surface area (Å²) < 4.78 is 18.9. The van der Waals surface area contributed by atoms with Crippen LogP contribution in [0.15, 0.2) is 28.8 Å². The number of piperidine rings is 1. The van der Waals surface area contributed by atoms with E-state index < -0.39 is 0 Å². The van der Waals surface area contributed by atoms with E-state index in [0.29, 0.717) is 38.1 Å². The quantitative estimate of drug-likeness (QED) is 0.633. The number of likely N-dealkylation sites (tertiary alicyclic amines) is 1. The lowest BCUT2D eigenvalue weighted by atomic mass is 9.97. The molecule has 2 aromatic heterocycles. The maximum Gasteiger partial charge on any atom is 0.410 e. The highest BCUT2D eigenvalue weighted by molar-refractivity contribution is 5.83. The monoisotopic (exact) mass is 423 g/mol. The van der Waals surface area contributed by atoms with Crippen LogP contribution in [0, 0.1) is 0 Å². The molecule has 162 valence electrons. The van der Waals surface area contributed by atoms with E-state index in [0.717, 1.165) is 42.1 Å². The maximum atomic E-state index is 12.3. The lowest BCUT2D eigenvalue weighted by Crippen LogP contribution is -2.39. The third kappa shape index (κ3) is 3.46. The molecule has 3 aliphatic rings. The molecule has 3 aromatic rings. The van der Waals surface area contributed by atoms with Gasteiger partial charge in [0.15, 0.2) is 0 Å². The summed E-state index contributed by atoms with van der Waals surface area (Å²) in [5, 5.41) is 14.2. The van der Waals surface area contributed by atoms with E-state index in [-0.39, 0.29) is 23.7 Å². The van der Waals surface area contributed by atoms with E-state index in [4.69, 9.17) is 13.9 Å². The second kappa shape index (κ2) is 7.05. The highest BCUT2D eigenvalue weighted by atomic mass is 16.6. The number of benzene rings is 1. The van der Waals surface area contributed by atoms with Crippen LogP contribution in [-0.2, 0) is 9.47 Å². The number of hydrogen-bond donors (Lipinski definition) is 0. The Morgan fingerprint density at radius 3 is 2.71 bits per heavy atom. The van der Waals surface area contributed by atoms with Crippen molar-refractivity contribution in [2.75, 3.05) is 26.3 Å². The minimum Gasteiger partial charge on any atom is -0.443 e. The van der Waals surface area contributed by atoms with Gasteiger partial charge in [0.05, 0.1) is 31.0 Å². The minimum absolute atomic E-state index is 0.156. The Morgan fingerprint density at radius 1 is 1.19 bits per heavy atom. The van der Waals surface area contributed by atoms with Crippen LogP contribution in [0.1, 0.15) is 50.5 Å². The molecule has 4 heterocycles. The van der Waals surface area contributed by atoms with Gasteiger partial charge in [0.25, 0.3) is 0 Å². The highest BCUT2D eigenvalue weighted by Crippen LogP contribution is 2.39. The topological polar surface area (TPSA) is 95.5 Å². The van der Waals surface area contributed by atoms with Crippen LogP contribution in [0.3, 0.4) is 0 Å². The number of fused-ring (bicyclic) bond motifs is 1. The van der Waals surface area contributed by atoms with E-state index >= 15 is 0 Å². The molecule has 1 amide bonds. The summed E-state index contributed by atoms with van der Waals surface area (Å²) in [6.07, 6.45) is 5.18. The average molecular weight is 423 g/mol. The number of carbonyl (C=O) groups is 1. The third-order valence-corrected chi connectivity index (χ3v) is 6.64. The number of nitrogens with zero attached hydrogens (tertiary/aromatic N) is 5. The third-order valence-electron chi connectivity index (χ3n) is 6.64. The Bertz CT molecular complexity index is 1120. The molecule has 2 aliphatic heterocycles. The van der Waals surface area contributed by atoms with Crippen molar-refractivity contribution >= 4 is 17.0 Å². The van der Waals surface area contributed by atoms with Crippen LogP contribution in [0.2, 0.25) is 0 Å². The van der Waals surface area contributed by atoms with Crippen LogP contribution in [0.5, 0.6) is 0 Å². The first-order chi connectivity index (χ1) is 15.1. The summed E-state index contributed by atoms with van der Waals surface area (Å²) in [5.41, 5.74) is 1.69. The maximum absolute atomic E-state index is 12.3. The van der Waals surface area contributed by atoms with Crippen LogP contribution in [0.25, 0.3) is 22.4 Å². The molecule has 0 atom stereocenters. The first-order valence-corrected chi connectivity index (χ1v) is 10.9. The predicted octanol–water partition coefficient (Wildman–Crippen LogP) is 3.53. The molecule has 0 unspecified atom stereocenters. The molecule has 0 radical (unpaired) electrons. The van der Waals surface area contributed by atoms with E-state index in [1.165, 1.54) is 0 Å². The van der Waals surface area contributed by atoms with E-state index in [2.05, 4.69) is 21.4 Å². The number of ether oxygens (including phenoxy) is 2. The molecule has 1 aliphatic carbocycles. The zero-order chi connectivity index (χ0) is 21.0. The van der Waals surface area contributed by atoms with Gasteiger partial charge >= 0.3 is 6.09 Å². The van der Waals surface area contributed by atoms with Crippen molar-refractivity contribution in [2.45, 2.75) is 50.2 Å². The molecular formula is C22H25N5O4. The van der Waals surface area contributed by atoms with Crippen molar-refractivity contribution in [3.05, 3.63) is 30.3 Å². The number of aromatic nitrogens is 4. The summed E-state index contributed by atoms with van der Waals surface area (Å²) in [4.78, 5) is 14.1. The van der Waals surface area contributed by atoms with Gasteiger partial charge in [0.2, 0.25) is 11.8 Å². The number of amides is 1. The Labute approximate surface area is 179 Å². The van der Waals surface area contributed by atoms with E-state index in [1.807, 2.05) is 29.9 Å². The van der Waals surface area contributed by atoms with Crippen LogP contribution < -0.4 is 0 Å². The molecule has 0 spiro atoms. The van der Waals surface area contributed by atoms with E-state index in [9.17, 15) is 4.79 Å².